The molecule has 0 amide bonds. The van der Waals surface area contributed by atoms with E-state index in [1.54, 1.807) is 0 Å². The fraction of sp³-hybridized carbons (Fsp3) is 0.583. The van der Waals surface area contributed by atoms with Gasteiger partial charge in [0, 0.05) is 29.6 Å². The minimum Gasteiger partial charge on any atom is -0.381 e. The maximum atomic E-state index is 6.00. The highest BCUT2D eigenvalue weighted by Gasteiger charge is 2.15. The van der Waals surface area contributed by atoms with Gasteiger partial charge in [0.25, 0.3) is 0 Å². The zero-order valence-electron chi connectivity index (χ0n) is 9.00. The highest BCUT2D eigenvalue weighted by molar-refractivity contribution is 6.30. The normalized spacial score (nSPS) is 18.0. The first-order valence-corrected chi connectivity index (χ1v) is 5.82. The van der Waals surface area contributed by atoms with Crippen LogP contribution in [0.5, 0.6) is 0 Å². The van der Waals surface area contributed by atoms with Crippen molar-refractivity contribution in [2.75, 3.05) is 13.2 Å². The van der Waals surface area contributed by atoms with Crippen LogP contribution in [-0.2, 0) is 11.2 Å². The Morgan fingerprint density at radius 1 is 1.40 bits per heavy atom. The lowest BCUT2D eigenvalue weighted by molar-refractivity contribution is 0.0662. The van der Waals surface area contributed by atoms with Crippen LogP contribution in [0.4, 0.5) is 0 Å². The monoisotopic (exact) mass is 225 g/mol. The van der Waals surface area contributed by atoms with Crippen LogP contribution < -0.4 is 0 Å². The molecule has 0 aliphatic carbocycles. The van der Waals surface area contributed by atoms with E-state index in [2.05, 4.69) is 4.98 Å². The highest BCUT2D eigenvalue weighted by atomic mass is 35.5. The van der Waals surface area contributed by atoms with E-state index in [0.29, 0.717) is 5.92 Å². The number of ether oxygens (including phenoxy) is 1. The number of pyridine rings is 1. The van der Waals surface area contributed by atoms with E-state index in [4.69, 9.17) is 16.3 Å². The molecule has 2 nitrogen and oxygen atoms in total. The number of hydrogen-bond donors (Lipinski definition) is 0. The molecule has 2 heterocycles. The molecule has 0 atom stereocenters. The molecule has 3 heteroatoms. The van der Waals surface area contributed by atoms with Gasteiger partial charge in [-0.25, -0.2) is 0 Å². The number of rotatable bonds is 2. The Morgan fingerprint density at radius 2 is 2.13 bits per heavy atom. The van der Waals surface area contributed by atoms with Crippen LogP contribution in [0.1, 0.15) is 24.2 Å². The number of nitrogens with zero attached hydrogens (tertiary/aromatic N) is 1. The molecule has 0 aromatic carbocycles. The Balaban J connectivity index is 2.02. The summed E-state index contributed by atoms with van der Waals surface area (Å²) in [6.45, 7) is 3.77. The van der Waals surface area contributed by atoms with Crippen molar-refractivity contribution in [3.63, 3.8) is 0 Å². The molecule has 0 saturated carbocycles. The summed E-state index contributed by atoms with van der Waals surface area (Å²) in [5.41, 5.74) is 2.12. The number of halogens is 1. The highest BCUT2D eigenvalue weighted by Crippen LogP contribution is 2.21. The molecule has 1 aromatic heterocycles. The van der Waals surface area contributed by atoms with Crippen molar-refractivity contribution in [1.29, 1.82) is 0 Å². The first-order valence-electron chi connectivity index (χ1n) is 5.45. The van der Waals surface area contributed by atoms with E-state index < -0.39 is 0 Å². The zero-order chi connectivity index (χ0) is 10.7. The van der Waals surface area contributed by atoms with Crippen LogP contribution in [0.2, 0.25) is 5.02 Å². The van der Waals surface area contributed by atoms with E-state index in [9.17, 15) is 0 Å². The van der Waals surface area contributed by atoms with E-state index in [-0.39, 0.29) is 0 Å². The van der Waals surface area contributed by atoms with E-state index in [1.165, 1.54) is 0 Å². The average molecular weight is 226 g/mol. The fourth-order valence-corrected chi connectivity index (χ4v) is 2.33. The maximum absolute atomic E-state index is 6.00. The second kappa shape index (κ2) is 4.95. The van der Waals surface area contributed by atoms with Gasteiger partial charge >= 0.3 is 0 Å². The summed E-state index contributed by atoms with van der Waals surface area (Å²) in [4.78, 5) is 4.50. The van der Waals surface area contributed by atoms with Gasteiger partial charge in [0.1, 0.15) is 0 Å². The second-order valence-electron chi connectivity index (χ2n) is 4.18. The van der Waals surface area contributed by atoms with Crippen molar-refractivity contribution in [1.82, 2.24) is 4.98 Å². The van der Waals surface area contributed by atoms with E-state index in [1.807, 2.05) is 19.1 Å². The standard InChI is InChI=1S/C12H16ClNO/c1-9-6-11(13)8-12(14-9)7-10-2-4-15-5-3-10/h6,8,10H,2-5,7H2,1H3. The predicted octanol–water partition coefficient (Wildman–Crippen LogP) is 3.01. The minimum absolute atomic E-state index is 0.712. The topological polar surface area (TPSA) is 22.1 Å². The molecule has 1 fully saturated rings. The molecular formula is C12H16ClNO. The lowest BCUT2D eigenvalue weighted by atomic mass is 9.94. The SMILES string of the molecule is Cc1cc(Cl)cc(CC2CCOCC2)n1. The Kier molecular flexibility index (Phi) is 3.60. The average Bonchev–Trinajstić information content (AvgIpc) is 2.17. The molecule has 2 rings (SSSR count). The van der Waals surface area contributed by atoms with Crippen LogP contribution in [-0.4, -0.2) is 18.2 Å². The van der Waals surface area contributed by atoms with Gasteiger partial charge in [0.2, 0.25) is 0 Å². The lowest BCUT2D eigenvalue weighted by Gasteiger charge is -2.21. The maximum Gasteiger partial charge on any atom is 0.0468 e. The van der Waals surface area contributed by atoms with Gasteiger partial charge in [-0.05, 0) is 44.2 Å². The Hall–Kier alpha value is -0.600. The van der Waals surface area contributed by atoms with Gasteiger partial charge in [-0.3, -0.25) is 4.98 Å². The molecular weight excluding hydrogens is 210 g/mol. The van der Waals surface area contributed by atoms with E-state index in [0.717, 1.165) is 48.9 Å². The van der Waals surface area contributed by atoms with Gasteiger partial charge in [0.05, 0.1) is 0 Å². The van der Waals surface area contributed by atoms with Crippen molar-refractivity contribution in [2.24, 2.45) is 5.92 Å². The molecule has 1 aromatic rings. The van der Waals surface area contributed by atoms with Crippen LogP contribution >= 0.6 is 11.6 Å². The third kappa shape index (κ3) is 3.18. The van der Waals surface area contributed by atoms with Gasteiger partial charge in [-0.1, -0.05) is 11.6 Å². The van der Waals surface area contributed by atoms with Crippen LogP contribution in [0.25, 0.3) is 0 Å². The second-order valence-corrected chi connectivity index (χ2v) is 4.61. The quantitative estimate of drug-likeness (QED) is 0.772. The smallest absolute Gasteiger partial charge is 0.0468 e. The molecule has 1 saturated heterocycles. The van der Waals surface area contributed by atoms with Crippen molar-refractivity contribution < 1.29 is 4.74 Å². The number of aromatic nitrogens is 1. The summed E-state index contributed by atoms with van der Waals surface area (Å²) in [6.07, 6.45) is 3.32. The molecule has 0 bridgehead atoms. The van der Waals surface area contributed by atoms with Crippen molar-refractivity contribution >= 4 is 11.6 Å². The van der Waals surface area contributed by atoms with Crippen molar-refractivity contribution in [2.45, 2.75) is 26.2 Å². The Bertz CT molecular complexity index is 314. The van der Waals surface area contributed by atoms with Gasteiger partial charge in [-0.2, -0.15) is 0 Å². The fourth-order valence-electron chi connectivity index (χ4n) is 2.04. The van der Waals surface area contributed by atoms with Gasteiger partial charge in [0.15, 0.2) is 0 Å². The van der Waals surface area contributed by atoms with Crippen LogP contribution in [0, 0.1) is 12.8 Å². The molecule has 1 aliphatic heterocycles. The third-order valence-electron chi connectivity index (χ3n) is 2.81. The third-order valence-corrected chi connectivity index (χ3v) is 3.03. The summed E-state index contributed by atoms with van der Waals surface area (Å²) < 4.78 is 5.34. The molecule has 0 N–H and O–H groups in total. The van der Waals surface area contributed by atoms with Crippen molar-refractivity contribution in [3.05, 3.63) is 28.5 Å². The summed E-state index contributed by atoms with van der Waals surface area (Å²) >= 11 is 6.00. The number of aryl methyl sites for hydroxylation is 1. The first-order chi connectivity index (χ1) is 7.24. The predicted molar refractivity (Wildman–Crippen MR) is 61.2 cm³/mol. The Morgan fingerprint density at radius 3 is 2.80 bits per heavy atom. The summed E-state index contributed by atoms with van der Waals surface area (Å²) in [6, 6.07) is 3.87. The van der Waals surface area contributed by atoms with Crippen LogP contribution in [0.15, 0.2) is 12.1 Å². The summed E-state index contributed by atoms with van der Waals surface area (Å²) in [5, 5.41) is 0.796. The minimum atomic E-state index is 0.712. The molecule has 0 radical (unpaired) electrons. The van der Waals surface area contributed by atoms with E-state index >= 15 is 0 Å². The van der Waals surface area contributed by atoms with Gasteiger partial charge < -0.3 is 4.74 Å². The molecule has 0 unspecified atom stereocenters. The summed E-state index contributed by atoms with van der Waals surface area (Å²) in [5.74, 6) is 0.712. The molecule has 15 heavy (non-hydrogen) atoms. The first kappa shape index (κ1) is 10.9. The summed E-state index contributed by atoms with van der Waals surface area (Å²) in [7, 11) is 0. The van der Waals surface area contributed by atoms with Gasteiger partial charge in [-0.15, -0.1) is 0 Å². The molecule has 1 aliphatic rings. The van der Waals surface area contributed by atoms with Crippen LogP contribution in [0.3, 0.4) is 0 Å². The lowest BCUT2D eigenvalue weighted by Crippen LogP contribution is -2.18. The zero-order valence-corrected chi connectivity index (χ0v) is 9.76. The van der Waals surface area contributed by atoms with Crippen molar-refractivity contribution in [3.8, 4) is 0 Å². The largest absolute Gasteiger partial charge is 0.381 e. The number of hydrogen-bond acceptors (Lipinski definition) is 2. The molecule has 82 valence electrons. The Labute approximate surface area is 95.6 Å². The molecule has 0 spiro atoms.